The van der Waals surface area contributed by atoms with Crippen LogP contribution in [0.3, 0.4) is 0 Å². The van der Waals surface area contributed by atoms with E-state index >= 15 is 0 Å². The Balaban J connectivity index is 3.21. The lowest BCUT2D eigenvalue weighted by molar-refractivity contribution is -0.234. The molecule has 0 saturated carbocycles. The van der Waals surface area contributed by atoms with Crippen LogP contribution in [0.25, 0.3) is 0 Å². The lowest BCUT2D eigenvalue weighted by Crippen LogP contribution is -2.43. The van der Waals surface area contributed by atoms with Gasteiger partial charge in [0.15, 0.2) is 0 Å². The summed E-state index contributed by atoms with van der Waals surface area (Å²) >= 11 is 0. The van der Waals surface area contributed by atoms with Gasteiger partial charge in [0, 0.05) is 14.2 Å². The van der Waals surface area contributed by atoms with E-state index in [2.05, 4.69) is 5.32 Å². The van der Waals surface area contributed by atoms with Crippen molar-refractivity contribution >= 4 is 0 Å². The number of hydrogen-bond acceptors (Lipinski definition) is 4. The molecule has 1 rings (SSSR count). The first-order valence-corrected chi connectivity index (χ1v) is 4.66. The van der Waals surface area contributed by atoms with E-state index in [0.29, 0.717) is 0 Å². The molecule has 0 saturated heterocycles. The van der Waals surface area contributed by atoms with Crippen LogP contribution in [0.4, 0.5) is 0 Å². The Labute approximate surface area is 90.1 Å². The molecule has 0 fully saturated rings. The van der Waals surface area contributed by atoms with E-state index in [-0.39, 0.29) is 0 Å². The van der Waals surface area contributed by atoms with Crippen molar-refractivity contribution in [2.24, 2.45) is 0 Å². The number of para-hydroxylation sites is 1. The van der Waals surface area contributed by atoms with Crippen molar-refractivity contribution in [3.05, 3.63) is 29.8 Å². The summed E-state index contributed by atoms with van der Waals surface area (Å²) in [5, 5.41) is 2.98. The van der Waals surface area contributed by atoms with Gasteiger partial charge in [-0.1, -0.05) is 12.1 Å². The van der Waals surface area contributed by atoms with Gasteiger partial charge in [-0.25, -0.2) is 0 Å². The molecule has 0 unspecified atom stereocenters. The molecule has 0 spiro atoms. The molecule has 0 aliphatic carbocycles. The second-order valence-corrected chi connectivity index (χ2v) is 2.98. The van der Waals surface area contributed by atoms with Gasteiger partial charge in [-0.05, 0) is 19.2 Å². The topological polar surface area (TPSA) is 39.7 Å². The molecule has 0 aliphatic rings. The van der Waals surface area contributed by atoms with Gasteiger partial charge in [-0.15, -0.1) is 0 Å². The maximum atomic E-state index is 5.35. The third kappa shape index (κ3) is 2.12. The lowest BCUT2D eigenvalue weighted by atomic mass is 10.1. The number of hydrogen-bond donors (Lipinski definition) is 1. The highest BCUT2D eigenvalue weighted by atomic mass is 16.7. The Morgan fingerprint density at radius 3 is 2.13 bits per heavy atom. The first-order valence-electron chi connectivity index (χ1n) is 4.66. The van der Waals surface area contributed by atoms with Crippen LogP contribution >= 0.6 is 0 Å². The van der Waals surface area contributed by atoms with Crippen LogP contribution in [0, 0.1) is 0 Å². The molecule has 1 aromatic carbocycles. The monoisotopic (exact) mass is 211 g/mol. The van der Waals surface area contributed by atoms with Crippen LogP contribution in [-0.2, 0) is 15.4 Å². The zero-order valence-corrected chi connectivity index (χ0v) is 9.53. The quantitative estimate of drug-likeness (QED) is 0.746. The highest BCUT2D eigenvalue weighted by Gasteiger charge is 2.33. The summed E-state index contributed by atoms with van der Waals surface area (Å²) in [6.45, 7) is 0. The van der Waals surface area contributed by atoms with Crippen LogP contribution in [0.1, 0.15) is 5.56 Å². The summed E-state index contributed by atoms with van der Waals surface area (Å²) in [4.78, 5) is 0. The Morgan fingerprint density at radius 1 is 1.07 bits per heavy atom. The number of nitrogens with one attached hydrogen (secondary N) is 1. The molecule has 1 aromatic rings. The molecule has 4 nitrogen and oxygen atoms in total. The number of benzene rings is 1. The minimum atomic E-state index is -0.966. The van der Waals surface area contributed by atoms with E-state index in [0.717, 1.165) is 11.3 Å². The second kappa shape index (κ2) is 5.11. The van der Waals surface area contributed by atoms with Gasteiger partial charge >= 0.3 is 0 Å². The summed E-state index contributed by atoms with van der Waals surface area (Å²) in [5.41, 5.74) is 0.806. The smallest absolute Gasteiger partial charge is 0.258 e. The average molecular weight is 211 g/mol. The van der Waals surface area contributed by atoms with Gasteiger partial charge in [0.1, 0.15) is 5.75 Å². The van der Waals surface area contributed by atoms with Crippen LogP contribution in [0.15, 0.2) is 24.3 Å². The Bertz CT molecular complexity index is 302. The molecule has 84 valence electrons. The first kappa shape index (κ1) is 12.0. The fourth-order valence-electron chi connectivity index (χ4n) is 1.56. The van der Waals surface area contributed by atoms with Crippen LogP contribution in [-0.4, -0.2) is 28.4 Å². The average Bonchev–Trinajstić information content (AvgIpc) is 2.33. The summed E-state index contributed by atoms with van der Waals surface area (Å²) in [6, 6.07) is 7.55. The van der Waals surface area contributed by atoms with Gasteiger partial charge < -0.3 is 14.2 Å². The molecule has 0 radical (unpaired) electrons. The fourth-order valence-corrected chi connectivity index (χ4v) is 1.56. The molecule has 1 N–H and O–H groups in total. The minimum Gasteiger partial charge on any atom is -0.496 e. The van der Waals surface area contributed by atoms with E-state index in [1.807, 2.05) is 24.3 Å². The molecule has 0 heterocycles. The summed E-state index contributed by atoms with van der Waals surface area (Å²) in [6.07, 6.45) is 0. The van der Waals surface area contributed by atoms with Crippen molar-refractivity contribution < 1.29 is 14.2 Å². The molecular weight excluding hydrogens is 194 g/mol. The van der Waals surface area contributed by atoms with Crippen molar-refractivity contribution in [1.82, 2.24) is 5.32 Å². The van der Waals surface area contributed by atoms with Gasteiger partial charge in [0.25, 0.3) is 5.91 Å². The zero-order chi connectivity index (χ0) is 11.3. The van der Waals surface area contributed by atoms with Crippen molar-refractivity contribution in [3.63, 3.8) is 0 Å². The van der Waals surface area contributed by atoms with E-state index in [9.17, 15) is 0 Å². The third-order valence-electron chi connectivity index (χ3n) is 2.37. The van der Waals surface area contributed by atoms with Crippen LogP contribution < -0.4 is 10.1 Å². The van der Waals surface area contributed by atoms with Gasteiger partial charge in [0.2, 0.25) is 0 Å². The first-order chi connectivity index (χ1) is 7.24. The molecule has 0 aromatic heterocycles. The predicted molar refractivity (Wildman–Crippen MR) is 57.7 cm³/mol. The maximum absolute atomic E-state index is 5.35. The van der Waals surface area contributed by atoms with Gasteiger partial charge in [-0.3, -0.25) is 5.32 Å². The van der Waals surface area contributed by atoms with Crippen LogP contribution in [0.5, 0.6) is 5.75 Å². The van der Waals surface area contributed by atoms with Crippen LogP contribution in [0.2, 0.25) is 0 Å². The van der Waals surface area contributed by atoms with E-state index in [4.69, 9.17) is 14.2 Å². The van der Waals surface area contributed by atoms with E-state index < -0.39 is 5.91 Å². The Hall–Kier alpha value is -1.10. The van der Waals surface area contributed by atoms with Crippen molar-refractivity contribution in [1.29, 1.82) is 0 Å². The molecule has 0 bridgehead atoms. The van der Waals surface area contributed by atoms with Crippen molar-refractivity contribution in [2.45, 2.75) is 5.91 Å². The molecule has 0 aliphatic heterocycles. The van der Waals surface area contributed by atoms with Crippen molar-refractivity contribution in [2.75, 3.05) is 28.4 Å². The molecule has 15 heavy (non-hydrogen) atoms. The zero-order valence-electron chi connectivity index (χ0n) is 9.53. The second-order valence-electron chi connectivity index (χ2n) is 2.98. The minimum absolute atomic E-state index is 0.718. The fraction of sp³-hybridized carbons (Fsp3) is 0.455. The van der Waals surface area contributed by atoms with Crippen molar-refractivity contribution in [3.8, 4) is 5.75 Å². The SMILES string of the molecule is CNC(OC)(OC)c1ccccc1OC. The third-order valence-corrected chi connectivity index (χ3v) is 2.37. The molecule has 4 heteroatoms. The summed E-state index contributed by atoms with van der Waals surface area (Å²) in [7, 11) is 6.53. The summed E-state index contributed by atoms with van der Waals surface area (Å²) in [5.74, 6) is -0.248. The normalized spacial score (nSPS) is 11.5. The summed E-state index contributed by atoms with van der Waals surface area (Å²) < 4.78 is 16.0. The number of methoxy groups -OCH3 is 3. The highest BCUT2D eigenvalue weighted by Crippen LogP contribution is 2.30. The lowest BCUT2D eigenvalue weighted by Gasteiger charge is -2.31. The van der Waals surface area contributed by atoms with E-state index in [1.165, 1.54) is 0 Å². The van der Waals surface area contributed by atoms with Gasteiger partial charge in [-0.2, -0.15) is 0 Å². The molecule has 0 amide bonds. The highest BCUT2D eigenvalue weighted by molar-refractivity contribution is 5.36. The molecule has 0 atom stereocenters. The largest absolute Gasteiger partial charge is 0.496 e. The standard InChI is InChI=1S/C11H17NO3/c1-12-11(14-3,15-4)9-7-5-6-8-10(9)13-2/h5-8,12H,1-4H3. The van der Waals surface area contributed by atoms with E-state index in [1.54, 1.807) is 28.4 Å². The Morgan fingerprint density at radius 2 is 1.67 bits per heavy atom. The van der Waals surface area contributed by atoms with Gasteiger partial charge in [0.05, 0.1) is 12.7 Å². The predicted octanol–water partition coefficient (Wildman–Crippen LogP) is 1.32. The maximum Gasteiger partial charge on any atom is 0.258 e. The Kier molecular flexibility index (Phi) is 4.08. The number of ether oxygens (including phenoxy) is 3. The number of rotatable bonds is 5. The molecular formula is C11H17NO3.